The van der Waals surface area contributed by atoms with E-state index < -0.39 is 28.7 Å². The smallest absolute Gasteiger partial charge is 0.269 e. The summed E-state index contributed by atoms with van der Waals surface area (Å²) in [5.74, 6) is -1.65. The van der Waals surface area contributed by atoms with Crippen molar-refractivity contribution < 1.29 is 19.3 Å². The van der Waals surface area contributed by atoms with Crippen LogP contribution in [0.1, 0.15) is 26.3 Å². The molecule has 0 bridgehead atoms. The van der Waals surface area contributed by atoms with E-state index >= 15 is 0 Å². The van der Waals surface area contributed by atoms with Gasteiger partial charge in [-0.15, -0.1) is 0 Å². The summed E-state index contributed by atoms with van der Waals surface area (Å²) in [4.78, 5) is 50.6. The fourth-order valence-corrected chi connectivity index (χ4v) is 3.79. The third-order valence-corrected chi connectivity index (χ3v) is 5.66. The summed E-state index contributed by atoms with van der Waals surface area (Å²) in [6.07, 6.45) is 0.00578. The number of nitrogens with zero attached hydrogens (tertiary/aromatic N) is 2. The summed E-state index contributed by atoms with van der Waals surface area (Å²) < 4.78 is 0.832. The molecule has 0 fully saturated rings. The van der Waals surface area contributed by atoms with Gasteiger partial charge in [-0.2, -0.15) is 0 Å². The van der Waals surface area contributed by atoms with E-state index in [1.165, 1.54) is 24.3 Å². The fourth-order valence-electron chi connectivity index (χ4n) is 3.53. The summed E-state index contributed by atoms with van der Waals surface area (Å²) >= 11 is 3.33. The van der Waals surface area contributed by atoms with E-state index in [0.717, 1.165) is 9.37 Å². The number of fused-ring (bicyclic) bond motifs is 1. The molecule has 3 amide bonds. The number of imide groups is 1. The number of non-ortho nitro benzene ring substituents is 1. The van der Waals surface area contributed by atoms with Crippen molar-refractivity contribution in [2.24, 2.45) is 0 Å². The molecule has 0 radical (unpaired) electrons. The zero-order valence-corrected chi connectivity index (χ0v) is 18.1. The van der Waals surface area contributed by atoms with Crippen molar-refractivity contribution >= 4 is 45.0 Å². The van der Waals surface area contributed by atoms with Crippen LogP contribution in [0.15, 0.2) is 77.3 Å². The molecule has 3 aromatic rings. The van der Waals surface area contributed by atoms with E-state index in [-0.39, 0.29) is 23.2 Å². The van der Waals surface area contributed by atoms with Crippen molar-refractivity contribution in [3.05, 3.63) is 104 Å². The van der Waals surface area contributed by atoms with Gasteiger partial charge in [0, 0.05) is 28.7 Å². The van der Waals surface area contributed by atoms with Crippen molar-refractivity contribution in [3.63, 3.8) is 0 Å². The first-order valence-corrected chi connectivity index (χ1v) is 10.4. The zero-order valence-electron chi connectivity index (χ0n) is 16.5. The van der Waals surface area contributed by atoms with Gasteiger partial charge in [0.15, 0.2) is 0 Å². The summed E-state index contributed by atoms with van der Waals surface area (Å²) in [6, 6.07) is 17.8. The van der Waals surface area contributed by atoms with Gasteiger partial charge in [-0.3, -0.25) is 29.4 Å². The lowest BCUT2D eigenvalue weighted by atomic mass is 10.0. The molecule has 0 unspecified atom stereocenters. The molecule has 0 spiro atoms. The summed E-state index contributed by atoms with van der Waals surface area (Å²) in [5.41, 5.74) is 1.46. The molecular weight excluding hydrogens is 478 g/mol. The predicted molar refractivity (Wildman–Crippen MR) is 120 cm³/mol. The molecule has 1 heterocycles. The SMILES string of the molecule is O=C(Nc1ccc(Br)cc1)[C@H](Cc1ccc([N+](=O)[O-])cc1)N1C(=O)c2ccccc2C1=O. The number of benzene rings is 3. The van der Waals surface area contributed by atoms with E-state index in [1.54, 1.807) is 48.5 Å². The van der Waals surface area contributed by atoms with Crippen molar-refractivity contribution in [3.8, 4) is 0 Å². The van der Waals surface area contributed by atoms with Crippen molar-refractivity contribution in [2.45, 2.75) is 12.5 Å². The number of nitrogens with one attached hydrogen (secondary N) is 1. The Morgan fingerprint density at radius 1 is 0.938 bits per heavy atom. The number of nitro groups is 1. The van der Waals surface area contributed by atoms with Gasteiger partial charge < -0.3 is 5.32 Å². The Bertz CT molecular complexity index is 1190. The Kier molecular flexibility index (Phi) is 5.83. The second-order valence-corrected chi connectivity index (χ2v) is 8.08. The van der Waals surface area contributed by atoms with Gasteiger partial charge in [0.1, 0.15) is 6.04 Å². The zero-order chi connectivity index (χ0) is 22.8. The normalized spacial score (nSPS) is 13.6. The third kappa shape index (κ3) is 4.15. The molecule has 4 rings (SSSR count). The van der Waals surface area contributed by atoms with Crippen LogP contribution in [0.4, 0.5) is 11.4 Å². The van der Waals surface area contributed by atoms with Crippen LogP contribution in [0.5, 0.6) is 0 Å². The molecule has 9 heteroatoms. The first-order valence-electron chi connectivity index (χ1n) is 9.62. The molecule has 0 saturated carbocycles. The van der Waals surface area contributed by atoms with Crippen LogP contribution in [-0.4, -0.2) is 33.6 Å². The van der Waals surface area contributed by atoms with Gasteiger partial charge in [0.25, 0.3) is 17.5 Å². The first-order chi connectivity index (χ1) is 15.3. The van der Waals surface area contributed by atoms with E-state index in [1.807, 2.05) is 0 Å². The molecule has 1 aliphatic heterocycles. The molecule has 160 valence electrons. The number of rotatable bonds is 6. The topological polar surface area (TPSA) is 110 Å². The molecule has 0 saturated heterocycles. The molecule has 1 atom stereocenters. The Hall–Kier alpha value is -3.85. The quantitative estimate of drug-likeness (QED) is 0.314. The largest absolute Gasteiger partial charge is 0.324 e. The van der Waals surface area contributed by atoms with Gasteiger partial charge >= 0.3 is 0 Å². The molecule has 1 N–H and O–H groups in total. The van der Waals surface area contributed by atoms with Gasteiger partial charge in [-0.1, -0.05) is 40.2 Å². The van der Waals surface area contributed by atoms with Gasteiger partial charge in [-0.05, 0) is 42.0 Å². The van der Waals surface area contributed by atoms with Gasteiger partial charge in [-0.25, -0.2) is 0 Å². The Labute approximate surface area is 191 Å². The van der Waals surface area contributed by atoms with Crippen LogP contribution in [0.3, 0.4) is 0 Å². The minimum absolute atomic E-state index is 0.00578. The van der Waals surface area contributed by atoms with Crippen LogP contribution in [0.25, 0.3) is 0 Å². The summed E-state index contributed by atoms with van der Waals surface area (Å²) in [7, 11) is 0. The second kappa shape index (κ2) is 8.72. The second-order valence-electron chi connectivity index (χ2n) is 7.17. The van der Waals surface area contributed by atoms with Crippen molar-refractivity contribution in [1.82, 2.24) is 4.90 Å². The lowest BCUT2D eigenvalue weighted by Crippen LogP contribution is -2.48. The van der Waals surface area contributed by atoms with E-state index in [2.05, 4.69) is 21.2 Å². The maximum absolute atomic E-state index is 13.2. The van der Waals surface area contributed by atoms with Crippen LogP contribution < -0.4 is 5.32 Å². The minimum atomic E-state index is -1.15. The highest BCUT2D eigenvalue weighted by molar-refractivity contribution is 9.10. The molecule has 0 aliphatic carbocycles. The van der Waals surface area contributed by atoms with Crippen molar-refractivity contribution in [1.29, 1.82) is 0 Å². The number of hydrogen-bond acceptors (Lipinski definition) is 5. The van der Waals surface area contributed by atoms with E-state index in [9.17, 15) is 24.5 Å². The van der Waals surface area contributed by atoms with Gasteiger partial charge in [0.2, 0.25) is 5.91 Å². The standard InChI is InChI=1S/C23H16BrN3O5/c24-15-7-9-16(10-8-15)25-21(28)20(13-14-5-11-17(12-6-14)27(31)32)26-22(29)18-3-1-2-4-19(18)23(26)30/h1-12,20H,13H2,(H,25,28)/t20-/m0/s1. The average molecular weight is 494 g/mol. The number of hydrogen-bond donors (Lipinski definition) is 1. The summed E-state index contributed by atoms with van der Waals surface area (Å²) in [5, 5.41) is 13.7. The van der Waals surface area contributed by atoms with Crippen LogP contribution in [-0.2, 0) is 11.2 Å². The average Bonchev–Trinajstić information content (AvgIpc) is 3.04. The number of anilines is 1. The van der Waals surface area contributed by atoms with Gasteiger partial charge in [0.05, 0.1) is 16.1 Å². The molecule has 3 aromatic carbocycles. The fraction of sp³-hybridized carbons (Fsp3) is 0.0870. The number of carbonyl (C=O) groups excluding carboxylic acids is 3. The highest BCUT2D eigenvalue weighted by Crippen LogP contribution is 2.27. The Balaban J connectivity index is 1.67. The maximum atomic E-state index is 13.2. The highest BCUT2D eigenvalue weighted by Gasteiger charge is 2.42. The molecular formula is C23H16BrN3O5. The van der Waals surface area contributed by atoms with Crippen LogP contribution in [0.2, 0.25) is 0 Å². The van der Waals surface area contributed by atoms with Crippen molar-refractivity contribution in [2.75, 3.05) is 5.32 Å². The monoisotopic (exact) mass is 493 g/mol. The molecule has 32 heavy (non-hydrogen) atoms. The number of halogens is 1. The lowest BCUT2D eigenvalue weighted by molar-refractivity contribution is -0.384. The number of nitro benzene ring substituents is 1. The summed E-state index contributed by atoms with van der Waals surface area (Å²) in [6.45, 7) is 0. The Morgan fingerprint density at radius 3 is 2.03 bits per heavy atom. The van der Waals surface area contributed by atoms with Crippen LogP contribution in [0, 0.1) is 10.1 Å². The third-order valence-electron chi connectivity index (χ3n) is 5.13. The molecule has 1 aliphatic rings. The Morgan fingerprint density at radius 2 is 1.50 bits per heavy atom. The highest BCUT2D eigenvalue weighted by atomic mass is 79.9. The molecule has 8 nitrogen and oxygen atoms in total. The van der Waals surface area contributed by atoms with E-state index in [0.29, 0.717) is 11.3 Å². The van der Waals surface area contributed by atoms with E-state index in [4.69, 9.17) is 0 Å². The molecule has 0 aromatic heterocycles. The first kappa shape index (κ1) is 21.4. The van der Waals surface area contributed by atoms with Crippen LogP contribution >= 0.6 is 15.9 Å². The lowest BCUT2D eigenvalue weighted by Gasteiger charge is -2.25. The number of amides is 3. The number of carbonyl (C=O) groups is 3. The maximum Gasteiger partial charge on any atom is 0.269 e. The minimum Gasteiger partial charge on any atom is -0.324 e. The predicted octanol–water partition coefficient (Wildman–Crippen LogP) is 4.20.